The number of benzene rings is 2. The molecule has 0 spiro atoms. The summed E-state index contributed by atoms with van der Waals surface area (Å²) in [4.78, 5) is 17.2. The highest BCUT2D eigenvalue weighted by atomic mass is 35.5. The molecule has 0 aliphatic carbocycles. The van der Waals surface area contributed by atoms with Gasteiger partial charge >= 0.3 is 0 Å². The first-order chi connectivity index (χ1) is 16.4. The minimum absolute atomic E-state index is 0.126. The number of carbonyl (C=O) groups excluding carboxylic acids is 1. The zero-order chi connectivity index (χ0) is 24.1. The van der Waals surface area contributed by atoms with E-state index in [1.807, 2.05) is 18.2 Å². The molecule has 0 saturated carbocycles. The number of sulfonamides is 1. The number of carbonyl (C=O) groups is 1. The lowest BCUT2D eigenvalue weighted by molar-refractivity contribution is 0.102. The van der Waals surface area contributed by atoms with Gasteiger partial charge in [0.1, 0.15) is 0 Å². The van der Waals surface area contributed by atoms with Crippen molar-refractivity contribution >= 4 is 33.2 Å². The maximum atomic E-state index is 13.0. The van der Waals surface area contributed by atoms with E-state index in [-0.39, 0.29) is 17.4 Å². The topological polar surface area (TPSA) is 99.6 Å². The Balaban J connectivity index is 1.45. The molecule has 1 aliphatic heterocycles. The third-order valence-electron chi connectivity index (χ3n) is 6.03. The lowest BCUT2D eigenvalue weighted by Gasteiger charge is -2.30. The van der Waals surface area contributed by atoms with Crippen LogP contribution in [0.5, 0.6) is 0 Å². The van der Waals surface area contributed by atoms with E-state index >= 15 is 0 Å². The third-order valence-corrected chi connectivity index (χ3v) is 8.27. The molecule has 4 rings (SSSR count). The van der Waals surface area contributed by atoms with Gasteiger partial charge in [0.25, 0.3) is 5.91 Å². The summed E-state index contributed by atoms with van der Waals surface area (Å²) in [7, 11) is -3.63. The average Bonchev–Trinajstić information content (AvgIpc) is 2.86. The van der Waals surface area contributed by atoms with Crippen LogP contribution in [0.4, 0.5) is 5.69 Å². The van der Waals surface area contributed by atoms with Crippen LogP contribution in [0.15, 0.2) is 71.8 Å². The van der Waals surface area contributed by atoms with E-state index in [2.05, 4.69) is 10.3 Å². The Hall–Kier alpha value is -2.78. The Labute approximate surface area is 204 Å². The van der Waals surface area contributed by atoms with Gasteiger partial charge in [-0.1, -0.05) is 17.7 Å². The van der Waals surface area contributed by atoms with E-state index in [4.69, 9.17) is 16.7 Å². The maximum Gasteiger partial charge on any atom is 0.255 e. The molecule has 1 fully saturated rings. The Kier molecular flexibility index (Phi) is 7.63. The summed E-state index contributed by atoms with van der Waals surface area (Å²) in [6.45, 7) is 0.996. The molecule has 7 nitrogen and oxygen atoms in total. The van der Waals surface area contributed by atoms with E-state index in [9.17, 15) is 13.2 Å². The van der Waals surface area contributed by atoms with Crippen LogP contribution < -0.4 is 5.32 Å². The van der Waals surface area contributed by atoms with Gasteiger partial charge in [0.15, 0.2) is 0 Å². The molecule has 34 heavy (non-hydrogen) atoms. The van der Waals surface area contributed by atoms with Crippen molar-refractivity contribution in [2.24, 2.45) is 5.92 Å². The summed E-state index contributed by atoms with van der Waals surface area (Å²) in [5.74, 6) is -0.00311. The van der Waals surface area contributed by atoms with Crippen LogP contribution >= 0.6 is 11.6 Å². The molecule has 3 aromatic rings. The minimum Gasteiger partial charge on any atom is -0.396 e. The van der Waals surface area contributed by atoms with Gasteiger partial charge in [-0.15, -0.1) is 0 Å². The Morgan fingerprint density at radius 3 is 2.47 bits per heavy atom. The molecule has 0 atom stereocenters. The van der Waals surface area contributed by atoms with Crippen molar-refractivity contribution in [2.45, 2.75) is 24.2 Å². The van der Waals surface area contributed by atoms with Gasteiger partial charge in [0.05, 0.1) is 15.6 Å². The number of hydrogen-bond acceptors (Lipinski definition) is 5. The van der Waals surface area contributed by atoms with E-state index in [1.54, 1.807) is 24.4 Å². The SMILES string of the molecule is O=C(Nc1ccc(Cl)c(-c2ccccn2)c1)c1ccc(S(=O)(=O)N2CCC(CCO)CC2)cc1. The highest BCUT2D eigenvalue weighted by Gasteiger charge is 2.29. The van der Waals surface area contributed by atoms with Crippen molar-refractivity contribution in [2.75, 3.05) is 25.0 Å². The first-order valence-corrected chi connectivity index (χ1v) is 12.9. The molecule has 1 amide bonds. The van der Waals surface area contributed by atoms with Crippen LogP contribution in [0.3, 0.4) is 0 Å². The van der Waals surface area contributed by atoms with Crippen molar-refractivity contribution in [1.29, 1.82) is 0 Å². The van der Waals surface area contributed by atoms with Crippen LogP contribution in [0.1, 0.15) is 29.6 Å². The zero-order valence-corrected chi connectivity index (χ0v) is 20.1. The average molecular weight is 500 g/mol. The van der Waals surface area contributed by atoms with Crippen molar-refractivity contribution < 1.29 is 18.3 Å². The fourth-order valence-corrected chi connectivity index (χ4v) is 5.76. The van der Waals surface area contributed by atoms with Crippen LogP contribution in [-0.4, -0.2) is 48.4 Å². The predicted molar refractivity (Wildman–Crippen MR) is 132 cm³/mol. The molecule has 1 aliphatic rings. The number of aliphatic hydroxyl groups is 1. The minimum atomic E-state index is -3.63. The van der Waals surface area contributed by atoms with Crippen molar-refractivity contribution in [1.82, 2.24) is 9.29 Å². The van der Waals surface area contributed by atoms with Crippen LogP contribution in [-0.2, 0) is 10.0 Å². The predicted octanol–water partition coefficient (Wildman–Crippen LogP) is 4.44. The normalized spacial score (nSPS) is 15.2. The number of anilines is 1. The van der Waals surface area contributed by atoms with E-state index in [1.165, 1.54) is 28.6 Å². The summed E-state index contributed by atoms with van der Waals surface area (Å²) in [5.41, 5.74) is 2.29. The number of nitrogens with one attached hydrogen (secondary N) is 1. The second-order valence-electron chi connectivity index (χ2n) is 8.25. The Morgan fingerprint density at radius 2 is 1.82 bits per heavy atom. The molecule has 0 bridgehead atoms. The van der Waals surface area contributed by atoms with Crippen LogP contribution in [0.25, 0.3) is 11.3 Å². The molecular formula is C25H26ClN3O4S. The number of piperidine rings is 1. The lowest BCUT2D eigenvalue weighted by Crippen LogP contribution is -2.38. The van der Waals surface area contributed by atoms with E-state index < -0.39 is 10.0 Å². The van der Waals surface area contributed by atoms with Crippen molar-refractivity contribution in [3.8, 4) is 11.3 Å². The largest absolute Gasteiger partial charge is 0.396 e. The standard InChI is InChI=1S/C25H26ClN3O4S/c26-23-9-6-20(17-22(23)24-3-1-2-13-27-24)28-25(31)19-4-7-21(8-5-19)34(32,33)29-14-10-18(11-15-29)12-16-30/h1-9,13,17-18,30H,10-12,14-16H2,(H,28,31). The molecule has 2 aromatic carbocycles. The number of aliphatic hydroxyl groups excluding tert-OH is 1. The summed E-state index contributed by atoms with van der Waals surface area (Å²) in [5, 5.41) is 12.4. The van der Waals surface area contributed by atoms with Gasteiger partial charge in [-0.25, -0.2) is 8.42 Å². The van der Waals surface area contributed by atoms with Crippen molar-refractivity contribution in [3.05, 3.63) is 77.4 Å². The summed E-state index contributed by atoms with van der Waals surface area (Å²) < 4.78 is 27.4. The lowest BCUT2D eigenvalue weighted by atomic mass is 9.95. The number of hydrogen-bond donors (Lipinski definition) is 2. The smallest absolute Gasteiger partial charge is 0.255 e. The first kappa shape index (κ1) is 24.3. The molecule has 1 saturated heterocycles. The monoisotopic (exact) mass is 499 g/mol. The highest BCUT2D eigenvalue weighted by molar-refractivity contribution is 7.89. The molecule has 0 radical (unpaired) electrons. The number of halogens is 1. The third kappa shape index (κ3) is 5.47. The fourth-order valence-electron chi connectivity index (χ4n) is 4.07. The summed E-state index contributed by atoms with van der Waals surface area (Å²) in [6, 6.07) is 16.6. The summed E-state index contributed by atoms with van der Waals surface area (Å²) >= 11 is 6.31. The second kappa shape index (κ2) is 10.7. The van der Waals surface area contributed by atoms with Crippen molar-refractivity contribution in [3.63, 3.8) is 0 Å². The maximum absolute atomic E-state index is 13.0. The fraction of sp³-hybridized carbons (Fsp3) is 0.280. The van der Waals surface area contributed by atoms with Gasteiger partial charge < -0.3 is 10.4 Å². The molecule has 178 valence electrons. The van der Waals surface area contributed by atoms with Crippen LogP contribution in [0, 0.1) is 5.92 Å². The van der Waals surface area contributed by atoms with Gasteiger partial charge in [0.2, 0.25) is 10.0 Å². The zero-order valence-electron chi connectivity index (χ0n) is 18.5. The second-order valence-corrected chi connectivity index (χ2v) is 10.6. The molecule has 9 heteroatoms. The molecular weight excluding hydrogens is 474 g/mol. The first-order valence-electron chi connectivity index (χ1n) is 11.1. The number of aromatic nitrogens is 1. The molecule has 2 N–H and O–H groups in total. The van der Waals surface area contributed by atoms with Crippen LogP contribution in [0.2, 0.25) is 5.02 Å². The molecule has 1 aromatic heterocycles. The highest BCUT2D eigenvalue weighted by Crippen LogP contribution is 2.30. The van der Waals surface area contributed by atoms with Gasteiger partial charge in [-0.3, -0.25) is 9.78 Å². The summed E-state index contributed by atoms with van der Waals surface area (Å²) in [6.07, 6.45) is 3.85. The van der Waals surface area contributed by atoms with Gasteiger partial charge in [-0.05, 0) is 79.8 Å². The Morgan fingerprint density at radius 1 is 1.09 bits per heavy atom. The van der Waals surface area contributed by atoms with E-state index in [0.29, 0.717) is 53.0 Å². The molecule has 0 unspecified atom stereocenters. The molecule has 2 heterocycles. The number of amides is 1. The quantitative estimate of drug-likeness (QED) is 0.500. The Bertz CT molecular complexity index is 1240. The number of rotatable bonds is 7. The van der Waals surface area contributed by atoms with E-state index in [0.717, 1.165) is 12.8 Å². The number of pyridine rings is 1. The van der Waals surface area contributed by atoms with Gasteiger partial charge in [0, 0.05) is 42.7 Å². The number of nitrogens with zero attached hydrogens (tertiary/aromatic N) is 2. The van der Waals surface area contributed by atoms with Gasteiger partial charge in [-0.2, -0.15) is 4.31 Å².